The molecule has 4 nitrogen and oxygen atoms in total. The van der Waals surface area contributed by atoms with E-state index in [-0.39, 0.29) is 5.25 Å². The minimum absolute atomic E-state index is 0.255. The zero-order valence-electron chi connectivity index (χ0n) is 11.3. The van der Waals surface area contributed by atoms with Crippen LogP contribution < -0.4 is 5.32 Å². The van der Waals surface area contributed by atoms with E-state index in [4.69, 9.17) is 0 Å². The topological polar surface area (TPSA) is 49.4 Å². The van der Waals surface area contributed by atoms with Crippen LogP contribution in [0.5, 0.6) is 0 Å². The van der Waals surface area contributed by atoms with Crippen LogP contribution >= 0.6 is 0 Å². The zero-order valence-corrected chi connectivity index (χ0v) is 12.1. The van der Waals surface area contributed by atoms with Crippen LogP contribution in [0.1, 0.15) is 33.6 Å². The Kier molecular flexibility index (Phi) is 5.89. The summed E-state index contributed by atoms with van der Waals surface area (Å²) in [5.41, 5.74) is 0. The molecule has 0 aliphatic carbocycles. The van der Waals surface area contributed by atoms with Crippen molar-refractivity contribution in [1.82, 2.24) is 10.2 Å². The number of rotatable bonds is 6. The van der Waals surface area contributed by atoms with Gasteiger partial charge in [0.2, 0.25) is 0 Å². The normalized spacial score (nSPS) is 23.2. The van der Waals surface area contributed by atoms with Crippen molar-refractivity contribution < 1.29 is 8.42 Å². The second-order valence-corrected chi connectivity index (χ2v) is 7.78. The van der Waals surface area contributed by atoms with E-state index in [1.54, 1.807) is 13.8 Å². The van der Waals surface area contributed by atoms with Crippen molar-refractivity contribution in [1.29, 1.82) is 0 Å². The summed E-state index contributed by atoms with van der Waals surface area (Å²) in [6, 6.07) is 0.510. The molecule has 1 saturated heterocycles. The smallest absolute Gasteiger partial charge is 0.153 e. The van der Waals surface area contributed by atoms with Gasteiger partial charge in [-0.15, -0.1) is 0 Å². The average molecular weight is 262 g/mol. The third-order valence-corrected chi connectivity index (χ3v) is 5.66. The van der Waals surface area contributed by atoms with Crippen LogP contribution in [0, 0.1) is 0 Å². The van der Waals surface area contributed by atoms with Gasteiger partial charge in [0, 0.05) is 32.2 Å². The van der Waals surface area contributed by atoms with Crippen LogP contribution in [0.2, 0.25) is 0 Å². The molecule has 1 aliphatic rings. The number of piperazine rings is 1. The van der Waals surface area contributed by atoms with Crippen LogP contribution in [0.15, 0.2) is 0 Å². The fourth-order valence-electron chi connectivity index (χ4n) is 2.20. The molecule has 5 heteroatoms. The summed E-state index contributed by atoms with van der Waals surface area (Å²) in [7, 11) is -2.90. The molecule has 1 unspecified atom stereocenters. The number of hydrogen-bond acceptors (Lipinski definition) is 4. The van der Waals surface area contributed by atoms with Crippen molar-refractivity contribution in [3.63, 3.8) is 0 Å². The van der Waals surface area contributed by atoms with E-state index in [9.17, 15) is 8.42 Å². The lowest BCUT2D eigenvalue weighted by atomic mass is 10.1. The minimum Gasteiger partial charge on any atom is -0.314 e. The third-order valence-electron chi connectivity index (χ3n) is 3.48. The Bertz CT molecular complexity index is 312. The van der Waals surface area contributed by atoms with E-state index in [0.717, 1.165) is 32.5 Å². The van der Waals surface area contributed by atoms with E-state index >= 15 is 0 Å². The summed E-state index contributed by atoms with van der Waals surface area (Å²) in [6.45, 7) is 9.33. The molecule has 17 heavy (non-hydrogen) atoms. The maximum absolute atomic E-state index is 11.8. The summed E-state index contributed by atoms with van der Waals surface area (Å²) in [4.78, 5) is 2.33. The molecule has 1 atom stereocenters. The fraction of sp³-hybridized carbons (Fsp3) is 1.00. The standard InChI is InChI=1S/C12H26N2O2S/c1-4-5-12-10-13-6-7-14(12)8-9-17(15,16)11(2)3/h11-13H,4-10H2,1-3H3. The first-order valence-electron chi connectivity index (χ1n) is 6.63. The van der Waals surface area contributed by atoms with Crippen LogP contribution in [-0.2, 0) is 9.84 Å². The Labute approximate surface area is 106 Å². The summed E-state index contributed by atoms with van der Waals surface area (Å²) in [6.07, 6.45) is 2.30. The monoisotopic (exact) mass is 262 g/mol. The van der Waals surface area contributed by atoms with Gasteiger partial charge >= 0.3 is 0 Å². The largest absolute Gasteiger partial charge is 0.314 e. The molecule has 0 spiro atoms. The second kappa shape index (κ2) is 6.71. The molecule has 0 aromatic rings. The Morgan fingerprint density at radius 1 is 1.41 bits per heavy atom. The van der Waals surface area contributed by atoms with E-state index in [2.05, 4.69) is 17.1 Å². The van der Waals surface area contributed by atoms with Gasteiger partial charge in [-0.05, 0) is 20.3 Å². The molecular formula is C12H26N2O2S. The molecule has 0 amide bonds. The molecule has 102 valence electrons. The fourth-order valence-corrected chi connectivity index (χ4v) is 3.16. The summed E-state index contributed by atoms with van der Waals surface area (Å²) in [5.74, 6) is 0.297. The number of nitrogens with one attached hydrogen (secondary N) is 1. The van der Waals surface area contributed by atoms with Crippen molar-refractivity contribution in [2.45, 2.75) is 44.9 Å². The Balaban J connectivity index is 2.48. The first kappa shape index (κ1) is 14.9. The molecular weight excluding hydrogens is 236 g/mol. The van der Waals surface area contributed by atoms with Gasteiger partial charge in [-0.25, -0.2) is 8.42 Å². The van der Waals surface area contributed by atoms with E-state index in [0.29, 0.717) is 18.3 Å². The van der Waals surface area contributed by atoms with Gasteiger partial charge in [0.25, 0.3) is 0 Å². The van der Waals surface area contributed by atoms with Crippen molar-refractivity contribution in [2.24, 2.45) is 0 Å². The lowest BCUT2D eigenvalue weighted by Gasteiger charge is -2.36. The first-order valence-corrected chi connectivity index (χ1v) is 8.35. The van der Waals surface area contributed by atoms with E-state index < -0.39 is 9.84 Å². The number of hydrogen-bond donors (Lipinski definition) is 1. The molecule has 1 heterocycles. The van der Waals surface area contributed by atoms with Gasteiger partial charge in [-0.3, -0.25) is 4.90 Å². The van der Waals surface area contributed by atoms with Crippen molar-refractivity contribution in [3.8, 4) is 0 Å². The third kappa shape index (κ3) is 4.56. The molecule has 0 saturated carbocycles. The van der Waals surface area contributed by atoms with Gasteiger partial charge < -0.3 is 5.32 Å². The maximum atomic E-state index is 11.8. The van der Waals surface area contributed by atoms with Crippen molar-refractivity contribution >= 4 is 9.84 Å². The van der Waals surface area contributed by atoms with Crippen LogP contribution in [0.4, 0.5) is 0 Å². The minimum atomic E-state index is -2.90. The molecule has 1 aliphatic heterocycles. The van der Waals surface area contributed by atoms with E-state index in [1.807, 2.05) is 0 Å². The Hall–Kier alpha value is -0.130. The SMILES string of the molecule is CCCC1CNCCN1CCS(=O)(=O)C(C)C. The Morgan fingerprint density at radius 3 is 2.71 bits per heavy atom. The van der Waals surface area contributed by atoms with Gasteiger partial charge in [-0.2, -0.15) is 0 Å². The van der Waals surface area contributed by atoms with Crippen molar-refractivity contribution in [3.05, 3.63) is 0 Å². The van der Waals surface area contributed by atoms with E-state index in [1.165, 1.54) is 0 Å². The lowest BCUT2D eigenvalue weighted by molar-refractivity contribution is 0.161. The predicted octanol–water partition coefficient (Wildman–Crippen LogP) is 0.884. The molecule has 1 N–H and O–H groups in total. The number of nitrogens with zero attached hydrogens (tertiary/aromatic N) is 1. The molecule has 0 aromatic carbocycles. The zero-order chi connectivity index (χ0) is 12.9. The lowest BCUT2D eigenvalue weighted by Crippen LogP contribution is -2.52. The second-order valence-electron chi connectivity index (χ2n) is 5.10. The predicted molar refractivity (Wildman–Crippen MR) is 72.1 cm³/mol. The van der Waals surface area contributed by atoms with Gasteiger partial charge in [0.05, 0.1) is 11.0 Å². The quantitative estimate of drug-likeness (QED) is 0.772. The summed E-state index contributed by atoms with van der Waals surface area (Å²) in [5, 5.41) is 3.12. The number of sulfone groups is 1. The molecule has 0 aromatic heterocycles. The highest BCUT2D eigenvalue weighted by molar-refractivity contribution is 7.92. The van der Waals surface area contributed by atoms with Gasteiger partial charge in [-0.1, -0.05) is 13.3 Å². The van der Waals surface area contributed by atoms with Crippen molar-refractivity contribution in [2.75, 3.05) is 31.9 Å². The summed E-state index contributed by atoms with van der Waals surface area (Å²) >= 11 is 0. The highest BCUT2D eigenvalue weighted by Gasteiger charge is 2.24. The highest BCUT2D eigenvalue weighted by atomic mass is 32.2. The van der Waals surface area contributed by atoms with Gasteiger partial charge in [0.1, 0.15) is 0 Å². The molecule has 1 fully saturated rings. The molecule has 1 rings (SSSR count). The highest BCUT2D eigenvalue weighted by Crippen LogP contribution is 2.10. The average Bonchev–Trinajstić information content (AvgIpc) is 2.28. The summed E-state index contributed by atoms with van der Waals surface area (Å²) < 4.78 is 23.6. The van der Waals surface area contributed by atoms with Crippen LogP contribution in [0.25, 0.3) is 0 Å². The van der Waals surface area contributed by atoms with Gasteiger partial charge in [0.15, 0.2) is 9.84 Å². The molecule has 0 radical (unpaired) electrons. The Morgan fingerprint density at radius 2 is 2.12 bits per heavy atom. The first-order chi connectivity index (χ1) is 7.97. The molecule has 0 bridgehead atoms. The maximum Gasteiger partial charge on any atom is 0.153 e. The van der Waals surface area contributed by atoms with Crippen LogP contribution in [0.3, 0.4) is 0 Å². The van der Waals surface area contributed by atoms with Crippen LogP contribution in [-0.4, -0.2) is 56.5 Å².